The smallest absolute Gasteiger partial charge is 0.164 e. The molecule has 1 aromatic carbocycles. The number of nitrogens with zero attached hydrogens (tertiary/aromatic N) is 1. The van der Waals surface area contributed by atoms with Crippen LogP contribution in [-0.2, 0) is 4.79 Å². The highest BCUT2D eigenvalue weighted by Gasteiger charge is 2.23. The number of hydrogen-bond donors (Lipinski definition) is 0. The summed E-state index contributed by atoms with van der Waals surface area (Å²) in [5, 5.41) is 1.03. The van der Waals surface area contributed by atoms with Crippen molar-refractivity contribution in [1.82, 2.24) is 0 Å². The maximum atomic E-state index is 12.6. The van der Waals surface area contributed by atoms with Crippen LogP contribution in [0.2, 0.25) is 10.0 Å². The second-order valence-electron chi connectivity index (χ2n) is 7.07. The van der Waals surface area contributed by atoms with E-state index in [4.69, 9.17) is 23.2 Å². The maximum absolute atomic E-state index is 12.6. The van der Waals surface area contributed by atoms with Crippen molar-refractivity contribution in [1.29, 1.82) is 0 Å². The highest BCUT2D eigenvalue weighted by molar-refractivity contribution is 6.42. The van der Waals surface area contributed by atoms with E-state index < -0.39 is 0 Å². The Morgan fingerprint density at radius 1 is 1.17 bits per heavy atom. The predicted octanol–water partition coefficient (Wildman–Crippen LogP) is 5.48. The number of carbonyl (C=O) groups is 1. The molecule has 128 valence electrons. The summed E-state index contributed by atoms with van der Waals surface area (Å²) < 4.78 is 0.795. The number of quaternary nitrogens is 1. The van der Waals surface area contributed by atoms with Gasteiger partial charge in [0.2, 0.25) is 0 Å². The molecule has 0 saturated carbocycles. The molecule has 0 saturated heterocycles. The van der Waals surface area contributed by atoms with Gasteiger partial charge in [-0.3, -0.25) is 4.79 Å². The summed E-state index contributed by atoms with van der Waals surface area (Å²) in [6.45, 7) is 3.04. The van der Waals surface area contributed by atoms with Gasteiger partial charge in [0.05, 0.1) is 43.7 Å². The van der Waals surface area contributed by atoms with E-state index in [9.17, 15) is 4.79 Å². The third-order valence-electron chi connectivity index (χ3n) is 3.71. The largest absolute Gasteiger partial charge is 0.330 e. The summed E-state index contributed by atoms with van der Waals surface area (Å²) in [7, 11) is 6.38. The molecule has 0 fully saturated rings. The molecule has 0 N–H and O–H groups in total. The Hall–Kier alpha value is -0.830. The molecule has 0 aromatic heterocycles. The fourth-order valence-corrected chi connectivity index (χ4v) is 2.86. The first-order valence-electron chi connectivity index (χ1n) is 8.20. The molecule has 0 aliphatic heterocycles. The monoisotopic (exact) mass is 356 g/mol. The first kappa shape index (κ1) is 20.2. The summed E-state index contributed by atoms with van der Waals surface area (Å²) in [5.41, 5.74) is 0.894. The average molecular weight is 357 g/mol. The van der Waals surface area contributed by atoms with Crippen LogP contribution < -0.4 is 0 Å². The number of ketones is 1. The Morgan fingerprint density at radius 2 is 1.87 bits per heavy atom. The second-order valence-corrected chi connectivity index (χ2v) is 7.89. The third-order valence-corrected chi connectivity index (χ3v) is 4.45. The zero-order valence-electron chi connectivity index (χ0n) is 14.6. The first-order valence-corrected chi connectivity index (χ1v) is 8.96. The molecule has 0 radical (unpaired) electrons. The Kier molecular flexibility index (Phi) is 8.32. The van der Waals surface area contributed by atoms with Crippen LogP contribution in [-0.4, -0.2) is 38.0 Å². The van der Waals surface area contributed by atoms with Crippen LogP contribution in [0.1, 0.15) is 38.2 Å². The average Bonchev–Trinajstić information content (AvgIpc) is 2.46. The quantitative estimate of drug-likeness (QED) is 0.325. The van der Waals surface area contributed by atoms with Crippen LogP contribution in [0.3, 0.4) is 0 Å². The molecule has 1 atom stereocenters. The van der Waals surface area contributed by atoms with E-state index in [1.807, 2.05) is 12.1 Å². The number of halogens is 2. The standard InChI is InChI=1S/C19H28Cl2NO/c1-5-6-7-8-16(14-22(2,3)4)19(23)12-10-15-9-11-17(20)18(21)13-15/h9-13,16H,5-8,14H2,1-4H3/q+1/b12-10-/t16-/m0/s1. The summed E-state index contributed by atoms with van der Waals surface area (Å²) in [5.74, 6) is 0.265. The Balaban J connectivity index is 2.77. The van der Waals surface area contributed by atoms with Crippen molar-refractivity contribution < 1.29 is 9.28 Å². The molecule has 0 aliphatic rings. The van der Waals surface area contributed by atoms with E-state index in [1.165, 1.54) is 12.8 Å². The van der Waals surface area contributed by atoms with Crippen LogP contribution >= 0.6 is 23.2 Å². The Morgan fingerprint density at radius 3 is 2.43 bits per heavy atom. The molecule has 4 heteroatoms. The molecule has 1 rings (SSSR count). The molecule has 1 aromatic rings. The molecule has 0 amide bonds. The molecule has 2 nitrogen and oxygen atoms in total. The van der Waals surface area contributed by atoms with Gasteiger partial charge in [-0.25, -0.2) is 0 Å². The predicted molar refractivity (Wildman–Crippen MR) is 101 cm³/mol. The van der Waals surface area contributed by atoms with Gasteiger partial charge in [0.1, 0.15) is 0 Å². The molecule has 0 spiro atoms. The molecular formula is C19H28Cl2NO+. The lowest BCUT2D eigenvalue weighted by atomic mass is 9.95. The Labute approximate surface area is 150 Å². The molecule has 0 bridgehead atoms. The topological polar surface area (TPSA) is 17.1 Å². The van der Waals surface area contributed by atoms with Gasteiger partial charge in [-0.2, -0.15) is 0 Å². The van der Waals surface area contributed by atoms with Crippen LogP contribution in [0.4, 0.5) is 0 Å². The normalized spacial score (nSPS) is 13.5. The van der Waals surface area contributed by atoms with E-state index in [1.54, 1.807) is 18.2 Å². The SMILES string of the molecule is CCCCC[C@@H](C[N+](C)(C)C)C(=O)/C=C\c1ccc(Cl)c(Cl)c1. The van der Waals surface area contributed by atoms with Crippen LogP contribution in [0.5, 0.6) is 0 Å². The number of allylic oxidation sites excluding steroid dienone is 1. The highest BCUT2D eigenvalue weighted by atomic mass is 35.5. The minimum absolute atomic E-state index is 0.0700. The summed E-state index contributed by atoms with van der Waals surface area (Å²) >= 11 is 11.9. The van der Waals surface area contributed by atoms with Crippen LogP contribution in [0.15, 0.2) is 24.3 Å². The lowest BCUT2D eigenvalue weighted by molar-refractivity contribution is -0.872. The molecule has 23 heavy (non-hydrogen) atoms. The number of unbranched alkanes of at least 4 members (excludes halogenated alkanes) is 2. The minimum Gasteiger partial charge on any atom is -0.330 e. The van der Waals surface area contributed by atoms with Gasteiger partial charge in [-0.05, 0) is 30.2 Å². The third kappa shape index (κ3) is 8.01. The summed E-state index contributed by atoms with van der Waals surface area (Å²) in [6, 6.07) is 5.39. The van der Waals surface area contributed by atoms with Gasteiger partial charge in [-0.15, -0.1) is 0 Å². The Bertz CT molecular complexity index is 547. The van der Waals surface area contributed by atoms with Crippen LogP contribution in [0.25, 0.3) is 6.08 Å². The number of hydrogen-bond acceptors (Lipinski definition) is 1. The van der Waals surface area contributed by atoms with Crippen LogP contribution in [0, 0.1) is 5.92 Å². The van der Waals surface area contributed by atoms with Gasteiger partial charge in [0.25, 0.3) is 0 Å². The second kappa shape index (κ2) is 9.46. The minimum atomic E-state index is 0.0700. The van der Waals surface area contributed by atoms with Gasteiger partial charge in [0, 0.05) is 0 Å². The number of carbonyl (C=O) groups excluding carboxylic acids is 1. The molecule has 0 heterocycles. The van der Waals surface area contributed by atoms with Crippen molar-refractivity contribution in [2.75, 3.05) is 27.7 Å². The number of rotatable bonds is 9. The maximum Gasteiger partial charge on any atom is 0.164 e. The van der Waals surface area contributed by atoms with Gasteiger partial charge in [-0.1, -0.05) is 61.5 Å². The molecule has 0 aliphatic carbocycles. The zero-order valence-corrected chi connectivity index (χ0v) is 16.1. The lowest BCUT2D eigenvalue weighted by Gasteiger charge is -2.28. The number of benzene rings is 1. The molecular weight excluding hydrogens is 329 g/mol. The van der Waals surface area contributed by atoms with E-state index in [2.05, 4.69) is 28.1 Å². The van der Waals surface area contributed by atoms with Gasteiger partial charge >= 0.3 is 0 Å². The first-order chi connectivity index (χ1) is 10.7. The zero-order chi connectivity index (χ0) is 17.5. The van der Waals surface area contributed by atoms with E-state index >= 15 is 0 Å². The van der Waals surface area contributed by atoms with Crippen molar-refractivity contribution in [2.45, 2.75) is 32.6 Å². The van der Waals surface area contributed by atoms with Crippen molar-refractivity contribution in [2.24, 2.45) is 5.92 Å². The van der Waals surface area contributed by atoms with Gasteiger partial charge in [0.15, 0.2) is 5.78 Å². The van der Waals surface area contributed by atoms with Crippen molar-refractivity contribution in [3.63, 3.8) is 0 Å². The lowest BCUT2D eigenvalue weighted by Crippen LogP contribution is -2.41. The fraction of sp³-hybridized carbons (Fsp3) is 0.526. The van der Waals surface area contributed by atoms with Crippen molar-refractivity contribution in [3.8, 4) is 0 Å². The highest BCUT2D eigenvalue weighted by Crippen LogP contribution is 2.23. The van der Waals surface area contributed by atoms with Crippen molar-refractivity contribution >= 4 is 35.1 Å². The van der Waals surface area contributed by atoms with E-state index in [-0.39, 0.29) is 11.7 Å². The van der Waals surface area contributed by atoms with E-state index in [0.29, 0.717) is 10.0 Å². The fourth-order valence-electron chi connectivity index (χ4n) is 2.56. The van der Waals surface area contributed by atoms with Crippen molar-refractivity contribution in [3.05, 3.63) is 39.9 Å². The van der Waals surface area contributed by atoms with E-state index in [0.717, 1.165) is 29.4 Å². The summed E-state index contributed by atoms with van der Waals surface area (Å²) in [6.07, 6.45) is 7.92. The summed E-state index contributed by atoms with van der Waals surface area (Å²) in [4.78, 5) is 12.6. The van der Waals surface area contributed by atoms with Gasteiger partial charge < -0.3 is 4.48 Å². The molecule has 0 unspecified atom stereocenters.